The molecular formula is C12H17NO2. The zero-order chi connectivity index (χ0) is 11.4. The number of rotatable bonds is 4. The topological polar surface area (TPSA) is 49.3 Å². The summed E-state index contributed by atoms with van der Waals surface area (Å²) >= 11 is 0. The molecule has 3 nitrogen and oxygen atoms in total. The van der Waals surface area contributed by atoms with E-state index in [9.17, 15) is 9.90 Å². The number of carbonyl (C=O) groups excluding carboxylic acids is 1. The second-order valence-electron chi connectivity index (χ2n) is 3.76. The molecule has 0 saturated carbocycles. The van der Waals surface area contributed by atoms with Gasteiger partial charge in [0.05, 0.1) is 0 Å². The number of aliphatic hydroxyl groups excluding tert-OH is 1. The summed E-state index contributed by atoms with van der Waals surface area (Å²) in [5.74, 6) is -0.221. The van der Waals surface area contributed by atoms with E-state index in [0.717, 1.165) is 11.1 Å². The number of likely N-dealkylation sites (N-methyl/N-ethyl adjacent to an activating group) is 1. The molecular weight excluding hydrogens is 190 g/mol. The lowest BCUT2D eigenvalue weighted by Gasteiger charge is -2.11. The number of nitrogens with one attached hydrogen (secondary N) is 1. The molecule has 0 fully saturated rings. The van der Waals surface area contributed by atoms with Crippen molar-refractivity contribution in [3.63, 3.8) is 0 Å². The summed E-state index contributed by atoms with van der Waals surface area (Å²) in [7, 11) is 1.71. The maximum absolute atomic E-state index is 11.8. The summed E-state index contributed by atoms with van der Waals surface area (Å²) in [5.41, 5.74) is 2.63. The van der Waals surface area contributed by atoms with Gasteiger partial charge in [0.15, 0.2) is 5.78 Å². The smallest absolute Gasteiger partial charge is 0.192 e. The maximum atomic E-state index is 11.8. The molecule has 0 radical (unpaired) electrons. The van der Waals surface area contributed by atoms with Crippen LogP contribution in [0.2, 0.25) is 0 Å². The van der Waals surface area contributed by atoms with Gasteiger partial charge in [-0.25, -0.2) is 0 Å². The summed E-state index contributed by atoms with van der Waals surface area (Å²) < 4.78 is 0. The zero-order valence-electron chi connectivity index (χ0n) is 9.37. The van der Waals surface area contributed by atoms with Crippen LogP contribution in [-0.2, 0) is 0 Å². The Morgan fingerprint density at radius 2 is 2.13 bits per heavy atom. The third-order valence-electron chi connectivity index (χ3n) is 2.35. The Hall–Kier alpha value is -1.19. The molecule has 0 aliphatic rings. The van der Waals surface area contributed by atoms with E-state index in [-0.39, 0.29) is 12.3 Å². The van der Waals surface area contributed by atoms with Gasteiger partial charge in [0.1, 0.15) is 6.10 Å². The van der Waals surface area contributed by atoms with Crippen molar-refractivity contribution in [1.29, 1.82) is 0 Å². The van der Waals surface area contributed by atoms with E-state index >= 15 is 0 Å². The molecule has 0 amide bonds. The lowest BCUT2D eigenvalue weighted by atomic mass is 9.99. The number of aliphatic hydroxyl groups is 1. The molecule has 1 aromatic carbocycles. The molecule has 2 N–H and O–H groups in total. The number of benzene rings is 1. The van der Waals surface area contributed by atoms with Crippen molar-refractivity contribution in [2.45, 2.75) is 20.0 Å². The monoisotopic (exact) mass is 207 g/mol. The van der Waals surface area contributed by atoms with Crippen molar-refractivity contribution in [1.82, 2.24) is 5.32 Å². The van der Waals surface area contributed by atoms with Crippen LogP contribution in [0.25, 0.3) is 0 Å². The Labute approximate surface area is 90.1 Å². The molecule has 0 spiro atoms. The first-order valence-electron chi connectivity index (χ1n) is 5.00. The van der Waals surface area contributed by atoms with Crippen LogP contribution < -0.4 is 5.32 Å². The highest BCUT2D eigenvalue weighted by molar-refractivity contribution is 6.00. The second kappa shape index (κ2) is 5.05. The minimum atomic E-state index is -0.962. The average molecular weight is 207 g/mol. The van der Waals surface area contributed by atoms with Crippen LogP contribution in [0.15, 0.2) is 18.2 Å². The van der Waals surface area contributed by atoms with E-state index in [1.54, 1.807) is 13.1 Å². The largest absolute Gasteiger partial charge is 0.384 e. The molecule has 1 aromatic rings. The summed E-state index contributed by atoms with van der Waals surface area (Å²) in [6, 6.07) is 5.59. The van der Waals surface area contributed by atoms with Crippen LogP contribution in [0.3, 0.4) is 0 Å². The van der Waals surface area contributed by atoms with Gasteiger partial charge in [-0.05, 0) is 26.5 Å². The van der Waals surface area contributed by atoms with Gasteiger partial charge < -0.3 is 10.4 Å². The van der Waals surface area contributed by atoms with Gasteiger partial charge in [-0.3, -0.25) is 4.79 Å². The molecule has 82 valence electrons. The first kappa shape index (κ1) is 11.9. The van der Waals surface area contributed by atoms with Gasteiger partial charge in [0.2, 0.25) is 0 Å². The molecule has 0 heterocycles. The Bertz CT molecular complexity index is 361. The number of Topliss-reactive ketones (excluding diaryl/α,β-unsaturated/α-hetero) is 1. The van der Waals surface area contributed by atoms with Gasteiger partial charge in [0.25, 0.3) is 0 Å². The van der Waals surface area contributed by atoms with Crippen LogP contribution in [0.1, 0.15) is 21.5 Å². The van der Waals surface area contributed by atoms with Crippen molar-refractivity contribution in [2.75, 3.05) is 13.6 Å². The summed E-state index contributed by atoms with van der Waals surface area (Å²) in [6.45, 7) is 4.14. The molecule has 0 aliphatic carbocycles. The van der Waals surface area contributed by atoms with Gasteiger partial charge in [-0.1, -0.05) is 23.8 Å². The first-order valence-corrected chi connectivity index (χ1v) is 5.00. The van der Waals surface area contributed by atoms with E-state index in [1.807, 2.05) is 26.0 Å². The van der Waals surface area contributed by atoms with Gasteiger partial charge in [0, 0.05) is 12.1 Å². The van der Waals surface area contributed by atoms with E-state index < -0.39 is 6.10 Å². The predicted octanol–water partition coefficient (Wildman–Crippen LogP) is 1.07. The highest BCUT2D eigenvalue weighted by Gasteiger charge is 2.17. The number of hydrogen-bond donors (Lipinski definition) is 2. The molecule has 15 heavy (non-hydrogen) atoms. The highest BCUT2D eigenvalue weighted by Crippen LogP contribution is 2.12. The molecule has 1 unspecified atom stereocenters. The normalized spacial score (nSPS) is 12.5. The van der Waals surface area contributed by atoms with E-state index in [4.69, 9.17) is 0 Å². The van der Waals surface area contributed by atoms with Crippen molar-refractivity contribution in [3.8, 4) is 0 Å². The van der Waals surface area contributed by atoms with Crippen LogP contribution in [0.4, 0.5) is 0 Å². The molecule has 3 heteroatoms. The summed E-state index contributed by atoms with van der Waals surface area (Å²) in [4.78, 5) is 11.8. The van der Waals surface area contributed by atoms with Crippen LogP contribution in [0.5, 0.6) is 0 Å². The fraction of sp³-hybridized carbons (Fsp3) is 0.417. The maximum Gasteiger partial charge on any atom is 0.192 e. The van der Waals surface area contributed by atoms with Gasteiger partial charge >= 0.3 is 0 Å². The minimum absolute atomic E-state index is 0.221. The lowest BCUT2D eigenvalue weighted by Crippen LogP contribution is -2.31. The molecule has 0 aromatic heterocycles. The highest BCUT2D eigenvalue weighted by atomic mass is 16.3. The Balaban J connectivity index is 2.91. The van der Waals surface area contributed by atoms with Crippen molar-refractivity contribution < 1.29 is 9.90 Å². The van der Waals surface area contributed by atoms with Crippen LogP contribution in [0, 0.1) is 13.8 Å². The average Bonchev–Trinajstić information content (AvgIpc) is 2.17. The fourth-order valence-corrected chi connectivity index (χ4v) is 1.56. The number of aryl methyl sites for hydroxylation is 2. The third kappa shape index (κ3) is 2.88. The SMILES string of the molecule is CNCC(O)C(=O)c1ccc(C)cc1C. The number of hydrogen-bond acceptors (Lipinski definition) is 3. The molecule has 0 bridgehead atoms. The van der Waals surface area contributed by atoms with Gasteiger partial charge in [-0.2, -0.15) is 0 Å². The van der Waals surface area contributed by atoms with Crippen molar-refractivity contribution in [2.24, 2.45) is 0 Å². The molecule has 1 atom stereocenters. The van der Waals surface area contributed by atoms with Gasteiger partial charge in [-0.15, -0.1) is 0 Å². The Morgan fingerprint density at radius 3 is 2.67 bits per heavy atom. The minimum Gasteiger partial charge on any atom is -0.384 e. The lowest BCUT2D eigenvalue weighted by molar-refractivity contribution is 0.0749. The van der Waals surface area contributed by atoms with Crippen LogP contribution in [-0.4, -0.2) is 30.6 Å². The Morgan fingerprint density at radius 1 is 1.47 bits per heavy atom. The quantitative estimate of drug-likeness (QED) is 0.726. The predicted molar refractivity (Wildman–Crippen MR) is 60.2 cm³/mol. The first-order chi connectivity index (χ1) is 7.06. The Kier molecular flexibility index (Phi) is 4.00. The molecule has 0 saturated heterocycles. The van der Waals surface area contributed by atoms with E-state index in [0.29, 0.717) is 5.56 Å². The molecule has 1 rings (SSSR count). The van der Waals surface area contributed by atoms with E-state index in [2.05, 4.69) is 5.32 Å². The summed E-state index contributed by atoms with van der Waals surface area (Å²) in [6.07, 6.45) is -0.962. The van der Waals surface area contributed by atoms with Crippen molar-refractivity contribution in [3.05, 3.63) is 34.9 Å². The number of carbonyl (C=O) groups is 1. The zero-order valence-corrected chi connectivity index (χ0v) is 9.37. The summed E-state index contributed by atoms with van der Waals surface area (Å²) in [5, 5.41) is 12.3. The second-order valence-corrected chi connectivity index (χ2v) is 3.76. The van der Waals surface area contributed by atoms with Crippen LogP contribution >= 0.6 is 0 Å². The van der Waals surface area contributed by atoms with E-state index in [1.165, 1.54) is 0 Å². The third-order valence-corrected chi connectivity index (χ3v) is 2.35. The molecule has 0 aliphatic heterocycles. The fourth-order valence-electron chi connectivity index (χ4n) is 1.56. The number of ketones is 1. The standard InChI is InChI=1S/C12H17NO2/c1-8-4-5-10(9(2)6-8)12(15)11(14)7-13-3/h4-6,11,13-14H,7H2,1-3H3. The van der Waals surface area contributed by atoms with Crippen molar-refractivity contribution >= 4 is 5.78 Å².